The van der Waals surface area contributed by atoms with E-state index in [9.17, 15) is 13.2 Å². The van der Waals surface area contributed by atoms with Crippen LogP contribution in [-0.4, -0.2) is 45.5 Å². The summed E-state index contributed by atoms with van der Waals surface area (Å²) in [6, 6.07) is 6.49. The van der Waals surface area contributed by atoms with Gasteiger partial charge in [-0.3, -0.25) is 4.99 Å². The Bertz CT molecular complexity index is 499. The Hall–Kier alpha value is -1.23. The minimum atomic E-state index is -4.35. The Balaban J connectivity index is 0.00000529. The molecule has 0 aliphatic carbocycles. The van der Waals surface area contributed by atoms with E-state index in [0.29, 0.717) is 32.3 Å². The van der Waals surface area contributed by atoms with Crippen molar-refractivity contribution in [2.75, 3.05) is 33.4 Å². The van der Waals surface area contributed by atoms with E-state index in [1.54, 1.807) is 25.2 Å². The Labute approximate surface area is 157 Å². The van der Waals surface area contributed by atoms with Crippen LogP contribution in [-0.2, 0) is 11.3 Å². The van der Waals surface area contributed by atoms with E-state index in [2.05, 4.69) is 15.6 Å². The zero-order chi connectivity index (χ0) is 17.1. The van der Waals surface area contributed by atoms with E-state index in [-0.39, 0.29) is 29.7 Å². The first-order chi connectivity index (χ1) is 10.9. The fourth-order valence-electron chi connectivity index (χ4n) is 1.70. The van der Waals surface area contributed by atoms with Crippen molar-refractivity contribution in [1.82, 2.24) is 10.6 Å². The maximum absolute atomic E-state index is 12.1. The Morgan fingerprint density at radius 1 is 1.25 bits per heavy atom. The third-order valence-corrected chi connectivity index (χ3v) is 2.73. The molecule has 1 aromatic rings. The number of rotatable bonds is 8. The summed E-state index contributed by atoms with van der Waals surface area (Å²) in [5.74, 6) is 0.771. The first kappa shape index (κ1) is 22.8. The molecule has 0 saturated heterocycles. The van der Waals surface area contributed by atoms with Crippen LogP contribution in [0.15, 0.2) is 29.3 Å². The molecule has 0 spiro atoms. The highest BCUT2D eigenvalue weighted by Crippen LogP contribution is 2.19. The molecule has 0 amide bonds. The molecule has 0 unspecified atom stereocenters. The summed E-state index contributed by atoms with van der Waals surface area (Å²) in [5.41, 5.74) is 0.789. The molecule has 0 radical (unpaired) electrons. The number of nitrogens with zero attached hydrogens (tertiary/aromatic N) is 1. The summed E-state index contributed by atoms with van der Waals surface area (Å²) in [7, 11) is 1.64. The average molecular weight is 461 g/mol. The van der Waals surface area contributed by atoms with Crippen molar-refractivity contribution >= 4 is 29.9 Å². The number of halogens is 4. The lowest BCUT2D eigenvalue weighted by atomic mass is 10.2. The maximum Gasteiger partial charge on any atom is 0.422 e. The van der Waals surface area contributed by atoms with Gasteiger partial charge in [-0.05, 0) is 24.6 Å². The van der Waals surface area contributed by atoms with Crippen LogP contribution in [0.25, 0.3) is 0 Å². The molecule has 0 bridgehead atoms. The van der Waals surface area contributed by atoms with Gasteiger partial charge in [-0.1, -0.05) is 12.1 Å². The molecule has 0 atom stereocenters. The van der Waals surface area contributed by atoms with Crippen LogP contribution in [0, 0.1) is 0 Å². The van der Waals surface area contributed by atoms with E-state index in [4.69, 9.17) is 9.47 Å². The standard InChI is InChI=1S/C15H22F3N3O2.HI/c1-3-22-8-7-20-14(19-2)21-10-12-5-4-6-13(9-12)23-11-15(16,17)18;/h4-6,9H,3,7-8,10-11H2,1-2H3,(H2,19,20,21);1H. The lowest BCUT2D eigenvalue weighted by Crippen LogP contribution is -2.38. The molecule has 0 aliphatic rings. The van der Waals surface area contributed by atoms with Gasteiger partial charge in [-0.2, -0.15) is 13.2 Å². The summed E-state index contributed by atoms with van der Waals surface area (Å²) in [4.78, 5) is 4.05. The van der Waals surface area contributed by atoms with Crippen LogP contribution in [0.1, 0.15) is 12.5 Å². The van der Waals surface area contributed by atoms with Gasteiger partial charge in [-0.25, -0.2) is 0 Å². The molecule has 0 fully saturated rings. The van der Waals surface area contributed by atoms with Gasteiger partial charge >= 0.3 is 6.18 Å². The fraction of sp³-hybridized carbons (Fsp3) is 0.533. The monoisotopic (exact) mass is 461 g/mol. The van der Waals surface area contributed by atoms with Gasteiger partial charge in [0.2, 0.25) is 0 Å². The minimum Gasteiger partial charge on any atom is -0.484 e. The molecule has 0 aromatic heterocycles. The number of benzene rings is 1. The summed E-state index contributed by atoms with van der Waals surface area (Å²) in [6.07, 6.45) is -4.35. The van der Waals surface area contributed by atoms with Crippen molar-refractivity contribution < 1.29 is 22.6 Å². The van der Waals surface area contributed by atoms with Crippen LogP contribution in [0.3, 0.4) is 0 Å². The number of hydrogen-bond donors (Lipinski definition) is 2. The van der Waals surface area contributed by atoms with Crippen molar-refractivity contribution in [3.63, 3.8) is 0 Å². The quantitative estimate of drug-likeness (QED) is 0.271. The molecule has 0 aliphatic heterocycles. The predicted octanol–water partition coefficient (Wildman–Crippen LogP) is 2.95. The van der Waals surface area contributed by atoms with Crippen LogP contribution >= 0.6 is 24.0 Å². The zero-order valence-corrected chi connectivity index (χ0v) is 16.0. The van der Waals surface area contributed by atoms with Gasteiger partial charge < -0.3 is 20.1 Å². The average Bonchev–Trinajstić information content (AvgIpc) is 2.52. The molecule has 5 nitrogen and oxygen atoms in total. The highest BCUT2D eigenvalue weighted by atomic mass is 127. The van der Waals surface area contributed by atoms with Gasteiger partial charge in [0.15, 0.2) is 12.6 Å². The predicted molar refractivity (Wildman–Crippen MR) is 98.1 cm³/mol. The Kier molecular flexibility index (Phi) is 11.6. The number of aliphatic imine (C=N–C) groups is 1. The topological polar surface area (TPSA) is 54.9 Å². The molecule has 24 heavy (non-hydrogen) atoms. The molecule has 1 aromatic carbocycles. The number of ether oxygens (including phenoxy) is 2. The molecule has 0 heterocycles. The number of alkyl halides is 3. The molecule has 2 N–H and O–H groups in total. The van der Waals surface area contributed by atoms with Crippen LogP contribution in [0.4, 0.5) is 13.2 Å². The van der Waals surface area contributed by atoms with Crippen molar-refractivity contribution in [3.05, 3.63) is 29.8 Å². The number of nitrogens with one attached hydrogen (secondary N) is 2. The number of hydrogen-bond acceptors (Lipinski definition) is 3. The highest BCUT2D eigenvalue weighted by molar-refractivity contribution is 14.0. The van der Waals surface area contributed by atoms with E-state index in [1.807, 2.05) is 6.92 Å². The lowest BCUT2D eigenvalue weighted by molar-refractivity contribution is -0.153. The van der Waals surface area contributed by atoms with Crippen molar-refractivity contribution in [3.8, 4) is 5.75 Å². The second kappa shape index (κ2) is 12.2. The minimum absolute atomic E-state index is 0. The maximum atomic E-state index is 12.1. The van der Waals surface area contributed by atoms with Crippen molar-refractivity contribution in [2.45, 2.75) is 19.6 Å². The second-order valence-electron chi connectivity index (χ2n) is 4.60. The SMILES string of the molecule is CCOCCNC(=NC)NCc1cccc(OCC(F)(F)F)c1.I. The largest absolute Gasteiger partial charge is 0.484 e. The first-order valence-corrected chi connectivity index (χ1v) is 7.25. The van der Waals surface area contributed by atoms with Crippen molar-refractivity contribution in [2.24, 2.45) is 4.99 Å². The van der Waals surface area contributed by atoms with Gasteiger partial charge in [0.05, 0.1) is 6.61 Å². The van der Waals surface area contributed by atoms with E-state index >= 15 is 0 Å². The summed E-state index contributed by atoms with van der Waals surface area (Å²) < 4.78 is 46.4. The van der Waals surface area contributed by atoms with Gasteiger partial charge in [0.1, 0.15) is 5.75 Å². The summed E-state index contributed by atoms with van der Waals surface area (Å²) in [6.45, 7) is 2.86. The molecular weight excluding hydrogens is 438 g/mol. The second-order valence-corrected chi connectivity index (χ2v) is 4.60. The smallest absolute Gasteiger partial charge is 0.422 e. The third kappa shape index (κ3) is 10.5. The summed E-state index contributed by atoms with van der Waals surface area (Å²) >= 11 is 0. The van der Waals surface area contributed by atoms with Gasteiger partial charge in [0.25, 0.3) is 0 Å². The van der Waals surface area contributed by atoms with Gasteiger partial charge in [0, 0.05) is 26.7 Å². The van der Waals surface area contributed by atoms with Crippen LogP contribution in [0.5, 0.6) is 5.75 Å². The van der Waals surface area contributed by atoms with Crippen molar-refractivity contribution in [1.29, 1.82) is 0 Å². The van der Waals surface area contributed by atoms with Gasteiger partial charge in [-0.15, -0.1) is 24.0 Å². The van der Waals surface area contributed by atoms with E-state index in [1.165, 1.54) is 6.07 Å². The molecule has 138 valence electrons. The van der Waals surface area contributed by atoms with Crippen LogP contribution < -0.4 is 15.4 Å². The lowest BCUT2D eigenvalue weighted by Gasteiger charge is -2.13. The van der Waals surface area contributed by atoms with E-state index < -0.39 is 12.8 Å². The first-order valence-electron chi connectivity index (χ1n) is 7.25. The molecule has 9 heteroatoms. The number of guanidine groups is 1. The fourth-order valence-corrected chi connectivity index (χ4v) is 1.70. The Morgan fingerprint density at radius 2 is 2.00 bits per heavy atom. The molecular formula is C15H23F3IN3O2. The van der Waals surface area contributed by atoms with Crippen LogP contribution in [0.2, 0.25) is 0 Å². The van der Waals surface area contributed by atoms with E-state index in [0.717, 1.165) is 5.56 Å². The normalized spacial score (nSPS) is 11.6. The molecule has 1 rings (SSSR count). The highest BCUT2D eigenvalue weighted by Gasteiger charge is 2.28. The Morgan fingerprint density at radius 3 is 2.62 bits per heavy atom. The molecule has 0 saturated carbocycles. The zero-order valence-electron chi connectivity index (χ0n) is 13.7. The summed E-state index contributed by atoms with van der Waals surface area (Å²) in [5, 5.41) is 6.14. The third-order valence-electron chi connectivity index (χ3n) is 2.73.